The molecule has 1 aromatic heterocycles. The Morgan fingerprint density at radius 1 is 1.18 bits per heavy atom. The summed E-state index contributed by atoms with van der Waals surface area (Å²) in [5, 5.41) is 1.73. The number of para-hydroxylation sites is 1. The fraction of sp³-hybridized carbons (Fsp3) is 0. The number of hydrogen-bond donors (Lipinski definition) is 1. The van der Waals surface area contributed by atoms with Gasteiger partial charge in [-0.3, -0.25) is 14.9 Å². The van der Waals surface area contributed by atoms with Crippen molar-refractivity contribution >= 4 is 40.6 Å². The zero-order chi connectivity index (χ0) is 15.5. The van der Waals surface area contributed by atoms with E-state index < -0.39 is 11.1 Å². The molecule has 1 fully saturated rings. The molecule has 6 nitrogen and oxygen atoms in total. The van der Waals surface area contributed by atoms with Gasteiger partial charge in [0.25, 0.3) is 11.1 Å². The van der Waals surface area contributed by atoms with Gasteiger partial charge in [0, 0.05) is 6.07 Å². The second-order valence-electron chi connectivity index (χ2n) is 4.17. The van der Waals surface area contributed by atoms with Crippen LogP contribution in [0.5, 0.6) is 11.6 Å². The number of carbonyl (C=O) groups is 2. The molecule has 0 unspecified atom stereocenters. The lowest BCUT2D eigenvalue weighted by atomic mass is 10.3. The van der Waals surface area contributed by atoms with Crippen LogP contribution in [0.15, 0.2) is 41.3 Å². The van der Waals surface area contributed by atoms with Gasteiger partial charge in [-0.25, -0.2) is 4.98 Å². The summed E-state index contributed by atoms with van der Waals surface area (Å²) in [5.74, 6) is 0.377. The van der Waals surface area contributed by atoms with Crippen molar-refractivity contribution in [3.05, 3.63) is 52.3 Å². The summed E-state index contributed by atoms with van der Waals surface area (Å²) in [6.07, 6.45) is 1.45. The predicted octanol–water partition coefficient (Wildman–Crippen LogP) is 3.25. The lowest BCUT2D eigenvalue weighted by Gasteiger charge is -2.05. The second-order valence-corrected chi connectivity index (χ2v) is 5.52. The van der Waals surface area contributed by atoms with Gasteiger partial charge in [-0.1, -0.05) is 18.2 Å². The highest BCUT2D eigenvalue weighted by Gasteiger charge is 2.25. The number of hydrogen-bond acceptors (Lipinski definition) is 6. The van der Waals surface area contributed by atoms with Crippen molar-refractivity contribution in [2.45, 2.75) is 0 Å². The summed E-state index contributed by atoms with van der Waals surface area (Å²) in [6, 6.07) is 10.6. The Bertz CT molecular complexity index is 780. The smallest absolute Gasteiger partial charge is 0.290 e. The minimum atomic E-state index is -0.463. The summed E-state index contributed by atoms with van der Waals surface area (Å²) < 4.78 is 5.57. The van der Waals surface area contributed by atoms with Crippen LogP contribution in [0.4, 0.5) is 4.79 Å². The van der Waals surface area contributed by atoms with Crippen LogP contribution >= 0.6 is 23.4 Å². The molecule has 2 heterocycles. The quantitative estimate of drug-likeness (QED) is 0.686. The molecule has 110 valence electrons. The van der Waals surface area contributed by atoms with Gasteiger partial charge in [0.2, 0.25) is 11.2 Å². The van der Waals surface area contributed by atoms with E-state index in [1.54, 1.807) is 12.1 Å². The number of carbonyl (C=O) groups excluding carboxylic acids is 2. The van der Waals surface area contributed by atoms with E-state index in [4.69, 9.17) is 16.3 Å². The summed E-state index contributed by atoms with van der Waals surface area (Å²) in [7, 11) is 0. The van der Waals surface area contributed by atoms with Crippen LogP contribution in [0, 0.1) is 0 Å². The Hall–Kier alpha value is -2.38. The Morgan fingerprint density at radius 2 is 1.95 bits per heavy atom. The molecule has 3 rings (SSSR count). The van der Waals surface area contributed by atoms with Crippen LogP contribution in [0.3, 0.4) is 0 Å². The number of thioether (sulfide) groups is 1. The van der Waals surface area contributed by atoms with E-state index >= 15 is 0 Å². The molecule has 1 aliphatic rings. The topological polar surface area (TPSA) is 81.2 Å². The molecule has 2 aromatic rings. The maximum Gasteiger partial charge on any atom is 0.290 e. The van der Waals surface area contributed by atoms with Gasteiger partial charge in [0.15, 0.2) is 0 Å². The maximum absolute atomic E-state index is 11.5. The molecule has 1 saturated heterocycles. The molecule has 0 atom stereocenters. The first-order chi connectivity index (χ1) is 10.6. The average molecular weight is 334 g/mol. The first-order valence-corrected chi connectivity index (χ1v) is 7.32. The molecule has 1 aromatic carbocycles. The van der Waals surface area contributed by atoms with Crippen molar-refractivity contribution in [3.8, 4) is 11.6 Å². The fourth-order valence-corrected chi connectivity index (χ4v) is 2.55. The van der Waals surface area contributed by atoms with Crippen molar-refractivity contribution in [1.82, 2.24) is 15.3 Å². The average Bonchev–Trinajstić information content (AvgIpc) is 2.77. The largest absolute Gasteiger partial charge is 0.439 e. The van der Waals surface area contributed by atoms with Crippen LogP contribution in [-0.2, 0) is 4.79 Å². The van der Waals surface area contributed by atoms with Gasteiger partial charge in [0.1, 0.15) is 5.75 Å². The first kappa shape index (κ1) is 14.6. The molecule has 0 bridgehead atoms. The number of nitrogens with one attached hydrogen (secondary N) is 1. The minimum absolute atomic E-state index is 0.0185. The maximum atomic E-state index is 11.5. The van der Waals surface area contributed by atoms with Gasteiger partial charge < -0.3 is 4.74 Å². The summed E-state index contributed by atoms with van der Waals surface area (Å²) in [6.45, 7) is 0. The molecular formula is C14H8ClN3O3S. The van der Waals surface area contributed by atoms with Crippen LogP contribution in [-0.4, -0.2) is 21.1 Å². The van der Waals surface area contributed by atoms with E-state index in [1.807, 2.05) is 18.2 Å². The van der Waals surface area contributed by atoms with E-state index in [1.165, 1.54) is 12.1 Å². The van der Waals surface area contributed by atoms with Gasteiger partial charge >= 0.3 is 0 Å². The van der Waals surface area contributed by atoms with Crippen molar-refractivity contribution in [3.63, 3.8) is 0 Å². The number of rotatable bonds is 3. The molecule has 2 amide bonds. The van der Waals surface area contributed by atoms with Crippen LogP contribution in [0.2, 0.25) is 5.28 Å². The SMILES string of the molecule is O=C1NC(=O)/C(=C\c2cc(Oc3ccccc3)nc(Cl)n2)S1. The lowest BCUT2D eigenvalue weighted by molar-refractivity contribution is -0.115. The number of aromatic nitrogens is 2. The normalized spacial score (nSPS) is 16.0. The molecule has 0 spiro atoms. The summed E-state index contributed by atoms with van der Waals surface area (Å²) in [4.78, 5) is 30.9. The minimum Gasteiger partial charge on any atom is -0.439 e. The number of benzene rings is 1. The number of imide groups is 1. The fourth-order valence-electron chi connectivity index (χ4n) is 1.70. The lowest BCUT2D eigenvalue weighted by Crippen LogP contribution is -2.17. The summed E-state index contributed by atoms with van der Waals surface area (Å²) in [5.41, 5.74) is 0.373. The number of nitrogens with zero attached hydrogens (tertiary/aromatic N) is 2. The second kappa shape index (κ2) is 6.17. The van der Waals surface area contributed by atoms with Crippen LogP contribution in [0.25, 0.3) is 6.08 Å². The monoisotopic (exact) mass is 333 g/mol. The Morgan fingerprint density at radius 3 is 2.64 bits per heavy atom. The zero-order valence-corrected chi connectivity index (χ0v) is 12.5. The standard InChI is InChI=1S/C14H8ClN3O3S/c15-13-16-8(6-10-12(19)18-14(20)22-10)7-11(17-13)21-9-4-2-1-3-5-9/h1-7H,(H,18,19,20)/b10-6+. The number of amides is 2. The Balaban J connectivity index is 1.89. The van der Waals surface area contributed by atoms with Crippen molar-refractivity contribution in [2.75, 3.05) is 0 Å². The Kier molecular flexibility index (Phi) is 4.08. The molecule has 1 aliphatic heterocycles. The third kappa shape index (κ3) is 3.44. The molecule has 0 radical (unpaired) electrons. The molecule has 22 heavy (non-hydrogen) atoms. The van der Waals surface area contributed by atoms with Crippen LogP contribution in [0.1, 0.15) is 5.69 Å². The molecular weight excluding hydrogens is 326 g/mol. The van der Waals surface area contributed by atoms with Gasteiger partial charge in [-0.05, 0) is 41.6 Å². The van der Waals surface area contributed by atoms with E-state index in [0.29, 0.717) is 11.4 Å². The van der Waals surface area contributed by atoms with E-state index in [0.717, 1.165) is 11.8 Å². The predicted molar refractivity (Wildman–Crippen MR) is 82.7 cm³/mol. The summed E-state index contributed by atoms with van der Waals surface area (Å²) >= 11 is 6.66. The molecule has 1 N–H and O–H groups in total. The number of ether oxygens (including phenoxy) is 1. The van der Waals surface area contributed by atoms with Gasteiger partial charge in [-0.2, -0.15) is 4.98 Å². The van der Waals surface area contributed by atoms with Crippen molar-refractivity contribution < 1.29 is 14.3 Å². The highest BCUT2D eigenvalue weighted by Crippen LogP contribution is 2.27. The van der Waals surface area contributed by atoms with Crippen LogP contribution < -0.4 is 10.1 Å². The third-order valence-corrected chi connectivity index (χ3v) is 3.56. The van der Waals surface area contributed by atoms with Crippen molar-refractivity contribution in [2.24, 2.45) is 0 Å². The molecule has 0 saturated carbocycles. The van der Waals surface area contributed by atoms with E-state index in [2.05, 4.69) is 15.3 Å². The number of halogens is 1. The molecule has 0 aliphatic carbocycles. The van der Waals surface area contributed by atoms with E-state index in [9.17, 15) is 9.59 Å². The molecule has 8 heteroatoms. The highest BCUT2D eigenvalue weighted by molar-refractivity contribution is 8.18. The third-order valence-electron chi connectivity index (χ3n) is 2.58. The Labute approximate surface area is 134 Å². The van der Waals surface area contributed by atoms with E-state index in [-0.39, 0.29) is 16.1 Å². The van der Waals surface area contributed by atoms with Gasteiger partial charge in [-0.15, -0.1) is 0 Å². The van der Waals surface area contributed by atoms with Crippen molar-refractivity contribution in [1.29, 1.82) is 0 Å². The zero-order valence-electron chi connectivity index (χ0n) is 10.9. The van der Waals surface area contributed by atoms with Gasteiger partial charge in [0.05, 0.1) is 10.6 Å². The first-order valence-electron chi connectivity index (χ1n) is 6.12. The highest BCUT2D eigenvalue weighted by atomic mass is 35.5.